The normalized spacial score (nSPS) is 13.7. The molecule has 4 nitrogen and oxygen atoms in total. The van der Waals surface area contributed by atoms with E-state index in [1.165, 1.54) is 12.8 Å². The maximum absolute atomic E-state index is 10.3. The molecule has 1 aliphatic rings. The van der Waals surface area contributed by atoms with Crippen LogP contribution in [0.15, 0.2) is 0 Å². The number of rotatable bonds is 4. The maximum Gasteiger partial charge on any atom is 0.508 e. The highest BCUT2D eigenvalue weighted by molar-refractivity contribution is 5.75. The van der Waals surface area contributed by atoms with Gasteiger partial charge in [-0.3, -0.25) is 0 Å². The van der Waals surface area contributed by atoms with E-state index < -0.39 is 6.16 Å². The monoisotopic (exact) mass is 202 g/mol. The van der Waals surface area contributed by atoms with Gasteiger partial charge >= 0.3 is 6.16 Å². The highest BCUT2D eigenvalue weighted by Crippen LogP contribution is 1.98. The van der Waals surface area contributed by atoms with Gasteiger partial charge in [-0.15, -0.1) is 0 Å². The third-order valence-corrected chi connectivity index (χ3v) is 1.66. The zero-order chi connectivity index (χ0) is 10.8. The van der Waals surface area contributed by atoms with E-state index in [-0.39, 0.29) is 0 Å². The fourth-order valence-electron chi connectivity index (χ4n) is 0.916. The first-order chi connectivity index (χ1) is 6.66. The summed E-state index contributed by atoms with van der Waals surface area (Å²) < 4.78 is 8.58. The number of cyclic esters (lactones) is 2. The average Bonchev–Trinajstić information content (AvgIpc) is 2.57. The molecule has 0 aromatic heterocycles. The van der Waals surface area contributed by atoms with Crippen molar-refractivity contribution in [2.75, 3.05) is 13.2 Å². The van der Waals surface area contributed by atoms with Gasteiger partial charge in [0.2, 0.25) is 0 Å². The van der Waals surface area contributed by atoms with Crippen LogP contribution in [0.25, 0.3) is 0 Å². The van der Waals surface area contributed by atoms with Crippen molar-refractivity contribution < 1.29 is 19.1 Å². The third kappa shape index (κ3) is 9.03. The van der Waals surface area contributed by atoms with E-state index in [1.807, 2.05) is 0 Å². The number of Topliss-reactive ketones (excluding diaryl/α,β-unsaturated/α-hetero) is 1. The summed E-state index contributed by atoms with van der Waals surface area (Å²) in [6.07, 6.45) is 3.70. The minimum absolute atomic E-state index is 0.318. The average molecular weight is 202 g/mol. The van der Waals surface area contributed by atoms with E-state index in [0.29, 0.717) is 19.0 Å². The second kappa shape index (κ2) is 8.53. The smallest absolute Gasteiger partial charge is 0.431 e. The first-order valence-electron chi connectivity index (χ1n) is 4.95. The van der Waals surface area contributed by atoms with Crippen molar-refractivity contribution in [2.45, 2.75) is 39.5 Å². The Morgan fingerprint density at radius 2 is 1.86 bits per heavy atom. The molecule has 4 heteroatoms. The summed E-state index contributed by atoms with van der Waals surface area (Å²) in [6, 6.07) is 0. The lowest BCUT2D eigenvalue weighted by Crippen LogP contribution is -1.88. The fourth-order valence-corrected chi connectivity index (χ4v) is 0.916. The Labute approximate surface area is 84.6 Å². The van der Waals surface area contributed by atoms with Gasteiger partial charge in [-0.1, -0.05) is 19.8 Å². The van der Waals surface area contributed by atoms with E-state index in [2.05, 4.69) is 16.4 Å². The summed E-state index contributed by atoms with van der Waals surface area (Å²) in [7, 11) is 0. The van der Waals surface area contributed by atoms with Crippen molar-refractivity contribution in [3.63, 3.8) is 0 Å². The standard InChI is InChI=1S/C7H14O.C3H4O3/c1-3-4-5-6-7(2)8;4-3-5-1-2-6-3/h3-6H2,1-2H3;1-2H2. The van der Waals surface area contributed by atoms with E-state index in [0.717, 1.165) is 12.8 Å². The molecule has 1 aliphatic heterocycles. The molecule has 0 saturated carbocycles. The lowest BCUT2D eigenvalue weighted by molar-refractivity contribution is -0.117. The Morgan fingerprint density at radius 3 is 2.14 bits per heavy atom. The molecule has 0 aromatic rings. The van der Waals surface area contributed by atoms with Crippen molar-refractivity contribution >= 4 is 11.9 Å². The molecule has 0 radical (unpaired) electrons. The highest BCUT2D eigenvalue weighted by atomic mass is 16.8. The second-order valence-corrected chi connectivity index (χ2v) is 3.11. The van der Waals surface area contributed by atoms with Crippen molar-refractivity contribution in [3.05, 3.63) is 0 Å². The second-order valence-electron chi connectivity index (χ2n) is 3.11. The predicted octanol–water partition coefficient (Wildman–Crippen LogP) is 2.31. The van der Waals surface area contributed by atoms with Crippen molar-refractivity contribution in [3.8, 4) is 0 Å². The van der Waals surface area contributed by atoms with Crippen LogP contribution >= 0.6 is 0 Å². The van der Waals surface area contributed by atoms with Gasteiger partial charge < -0.3 is 14.3 Å². The Morgan fingerprint density at radius 1 is 1.29 bits per heavy atom. The summed E-state index contributed by atoms with van der Waals surface area (Å²) in [5.41, 5.74) is 0. The lowest BCUT2D eigenvalue weighted by Gasteiger charge is -1.90. The molecule has 1 rings (SSSR count). The summed E-state index contributed by atoms with van der Waals surface area (Å²) in [6.45, 7) is 4.62. The molecule has 1 fully saturated rings. The number of unbranched alkanes of at least 4 members (excludes halogenated alkanes) is 2. The van der Waals surface area contributed by atoms with Crippen molar-refractivity contribution in [1.29, 1.82) is 0 Å². The molecule has 0 N–H and O–H groups in total. The summed E-state index contributed by atoms with van der Waals surface area (Å²) in [4.78, 5) is 20.1. The molecule has 0 atom stereocenters. The molecule has 1 saturated heterocycles. The van der Waals surface area contributed by atoms with Crippen LogP contribution in [0.5, 0.6) is 0 Å². The van der Waals surface area contributed by atoms with Gasteiger partial charge in [0.15, 0.2) is 0 Å². The molecule has 0 unspecified atom stereocenters. The van der Waals surface area contributed by atoms with E-state index in [1.54, 1.807) is 6.92 Å². The number of carbonyl (C=O) groups excluding carboxylic acids is 2. The van der Waals surface area contributed by atoms with Crippen LogP contribution in [0.3, 0.4) is 0 Å². The van der Waals surface area contributed by atoms with Crippen LogP contribution in [-0.4, -0.2) is 25.2 Å². The Kier molecular flexibility index (Phi) is 7.89. The minimum atomic E-state index is -0.546. The van der Waals surface area contributed by atoms with Gasteiger partial charge in [0.05, 0.1) is 0 Å². The zero-order valence-electron chi connectivity index (χ0n) is 8.88. The van der Waals surface area contributed by atoms with E-state index in [9.17, 15) is 9.59 Å². The van der Waals surface area contributed by atoms with Gasteiger partial charge in [0, 0.05) is 6.42 Å². The van der Waals surface area contributed by atoms with Crippen LogP contribution in [0.4, 0.5) is 4.79 Å². The number of carbonyl (C=O) groups is 2. The fraction of sp³-hybridized carbons (Fsp3) is 0.800. The largest absolute Gasteiger partial charge is 0.508 e. The first-order valence-corrected chi connectivity index (χ1v) is 4.95. The Bertz CT molecular complexity index is 169. The van der Waals surface area contributed by atoms with E-state index in [4.69, 9.17) is 0 Å². The SMILES string of the molecule is CCCCCC(C)=O.O=C1OCCO1. The van der Waals surface area contributed by atoms with Crippen molar-refractivity contribution in [2.24, 2.45) is 0 Å². The molecule has 0 aliphatic carbocycles. The molecule has 1 heterocycles. The van der Waals surface area contributed by atoms with Gasteiger partial charge in [-0.25, -0.2) is 4.79 Å². The molecule has 0 spiro atoms. The summed E-state index contributed by atoms with van der Waals surface area (Å²) >= 11 is 0. The number of ether oxygens (including phenoxy) is 2. The molecule has 0 amide bonds. The number of hydrogen-bond donors (Lipinski definition) is 0. The molecule has 0 aromatic carbocycles. The van der Waals surface area contributed by atoms with Gasteiger partial charge in [0.25, 0.3) is 0 Å². The number of ketones is 1. The summed E-state index contributed by atoms with van der Waals surface area (Å²) in [5.74, 6) is 0.318. The summed E-state index contributed by atoms with van der Waals surface area (Å²) in [5, 5.41) is 0. The molecule has 0 bridgehead atoms. The third-order valence-electron chi connectivity index (χ3n) is 1.66. The van der Waals surface area contributed by atoms with Gasteiger partial charge in [-0.05, 0) is 13.3 Å². The van der Waals surface area contributed by atoms with Crippen LogP contribution in [0, 0.1) is 0 Å². The molecule has 82 valence electrons. The molecule has 14 heavy (non-hydrogen) atoms. The zero-order valence-corrected chi connectivity index (χ0v) is 8.88. The van der Waals surface area contributed by atoms with Crippen LogP contribution in [0.1, 0.15) is 39.5 Å². The Hall–Kier alpha value is -1.06. The first kappa shape index (κ1) is 12.9. The van der Waals surface area contributed by atoms with Crippen LogP contribution < -0.4 is 0 Å². The quantitative estimate of drug-likeness (QED) is 0.518. The Balaban J connectivity index is 0.000000249. The maximum atomic E-state index is 10.3. The topological polar surface area (TPSA) is 52.6 Å². The van der Waals surface area contributed by atoms with Crippen LogP contribution in [-0.2, 0) is 14.3 Å². The highest BCUT2D eigenvalue weighted by Gasteiger charge is 2.09. The lowest BCUT2D eigenvalue weighted by atomic mass is 10.2. The molecular formula is C10H18O4. The van der Waals surface area contributed by atoms with Crippen molar-refractivity contribution in [1.82, 2.24) is 0 Å². The van der Waals surface area contributed by atoms with Gasteiger partial charge in [0.1, 0.15) is 19.0 Å². The predicted molar refractivity (Wildman–Crippen MR) is 52.1 cm³/mol. The molecular weight excluding hydrogens is 184 g/mol. The number of hydrogen-bond acceptors (Lipinski definition) is 4. The van der Waals surface area contributed by atoms with Gasteiger partial charge in [-0.2, -0.15) is 0 Å². The minimum Gasteiger partial charge on any atom is -0.431 e. The van der Waals surface area contributed by atoms with E-state index >= 15 is 0 Å². The van der Waals surface area contributed by atoms with Crippen LogP contribution in [0.2, 0.25) is 0 Å².